The number of morpholine rings is 1. The maximum atomic E-state index is 12.9. The lowest BCUT2D eigenvalue weighted by molar-refractivity contribution is -0.114. The van der Waals surface area contributed by atoms with Gasteiger partial charge in [0.15, 0.2) is 0 Å². The molecule has 31 heavy (non-hydrogen) atoms. The summed E-state index contributed by atoms with van der Waals surface area (Å²) >= 11 is 6.03. The highest BCUT2D eigenvalue weighted by Gasteiger charge is 2.25. The van der Waals surface area contributed by atoms with Gasteiger partial charge in [0.05, 0.1) is 36.4 Å². The lowest BCUT2D eigenvalue weighted by Gasteiger charge is -2.28. The van der Waals surface area contributed by atoms with Gasteiger partial charge in [0.25, 0.3) is 5.91 Å². The average Bonchev–Trinajstić information content (AvgIpc) is 2.74. The van der Waals surface area contributed by atoms with E-state index in [0.29, 0.717) is 53.8 Å². The van der Waals surface area contributed by atoms with Crippen LogP contribution in [0.15, 0.2) is 42.5 Å². The first-order chi connectivity index (χ1) is 14.7. The Kier molecular flexibility index (Phi) is 7.19. The third-order valence-electron chi connectivity index (χ3n) is 4.86. The van der Waals surface area contributed by atoms with Gasteiger partial charge in [0.1, 0.15) is 6.54 Å². The highest BCUT2D eigenvalue weighted by atomic mass is 35.5. The SMILES string of the molecule is Cc1ccc(Cl)cc1N(CC(=O)Nc1ccccc1C(=O)N1CCOCC1)S(C)(=O)=O. The summed E-state index contributed by atoms with van der Waals surface area (Å²) in [4.78, 5) is 27.3. The first-order valence-corrected chi connectivity index (χ1v) is 11.9. The van der Waals surface area contributed by atoms with Crippen molar-refractivity contribution < 1.29 is 22.7 Å². The smallest absolute Gasteiger partial charge is 0.256 e. The van der Waals surface area contributed by atoms with E-state index in [2.05, 4.69) is 5.32 Å². The van der Waals surface area contributed by atoms with Crippen LogP contribution in [0.2, 0.25) is 5.02 Å². The molecule has 0 unspecified atom stereocenters. The van der Waals surface area contributed by atoms with Gasteiger partial charge in [-0.2, -0.15) is 0 Å². The number of anilines is 2. The van der Waals surface area contributed by atoms with E-state index in [0.717, 1.165) is 10.6 Å². The molecular weight excluding hydrogens is 442 g/mol. The van der Waals surface area contributed by atoms with Crippen LogP contribution in [0.25, 0.3) is 0 Å². The Balaban J connectivity index is 1.82. The average molecular weight is 466 g/mol. The molecule has 2 amide bonds. The monoisotopic (exact) mass is 465 g/mol. The van der Waals surface area contributed by atoms with Crippen LogP contribution in [0.3, 0.4) is 0 Å². The molecule has 0 radical (unpaired) electrons. The summed E-state index contributed by atoms with van der Waals surface area (Å²) in [5, 5.41) is 3.04. The minimum atomic E-state index is -3.76. The Morgan fingerprint density at radius 3 is 2.52 bits per heavy atom. The molecule has 1 fully saturated rings. The van der Waals surface area contributed by atoms with Crippen molar-refractivity contribution in [1.82, 2.24) is 4.90 Å². The molecule has 0 aliphatic carbocycles. The highest BCUT2D eigenvalue weighted by Crippen LogP contribution is 2.26. The highest BCUT2D eigenvalue weighted by molar-refractivity contribution is 7.92. The standard InChI is InChI=1S/C21H24ClN3O5S/c1-15-7-8-16(22)13-19(15)25(31(2,28)29)14-20(26)23-18-6-4-3-5-17(18)21(27)24-9-11-30-12-10-24/h3-8,13H,9-12,14H2,1-2H3,(H,23,26). The van der Waals surface area contributed by atoms with Gasteiger partial charge in [0, 0.05) is 18.1 Å². The van der Waals surface area contributed by atoms with Crippen LogP contribution in [0.1, 0.15) is 15.9 Å². The van der Waals surface area contributed by atoms with Crippen LogP contribution in [-0.4, -0.2) is 64.2 Å². The minimum Gasteiger partial charge on any atom is -0.378 e. The van der Waals surface area contributed by atoms with Crippen LogP contribution >= 0.6 is 11.6 Å². The van der Waals surface area contributed by atoms with Gasteiger partial charge < -0.3 is 15.0 Å². The second kappa shape index (κ2) is 9.67. The quantitative estimate of drug-likeness (QED) is 0.707. The summed E-state index contributed by atoms with van der Waals surface area (Å²) in [6.07, 6.45) is 1.02. The van der Waals surface area contributed by atoms with Crippen LogP contribution in [0.4, 0.5) is 11.4 Å². The second-order valence-electron chi connectivity index (χ2n) is 7.20. The third kappa shape index (κ3) is 5.75. The lowest BCUT2D eigenvalue weighted by Crippen LogP contribution is -2.41. The van der Waals surface area contributed by atoms with E-state index in [1.165, 1.54) is 6.07 Å². The summed E-state index contributed by atoms with van der Waals surface area (Å²) < 4.78 is 31.1. The number of ether oxygens (including phenoxy) is 1. The van der Waals surface area contributed by atoms with Crippen molar-refractivity contribution in [2.75, 3.05) is 48.7 Å². The van der Waals surface area contributed by atoms with Crippen LogP contribution in [0.5, 0.6) is 0 Å². The van der Waals surface area contributed by atoms with E-state index >= 15 is 0 Å². The fraction of sp³-hybridized carbons (Fsp3) is 0.333. The summed E-state index contributed by atoms with van der Waals surface area (Å²) in [6, 6.07) is 11.5. The summed E-state index contributed by atoms with van der Waals surface area (Å²) in [6.45, 7) is 3.14. The van der Waals surface area contributed by atoms with E-state index in [1.54, 1.807) is 48.2 Å². The van der Waals surface area contributed by atoms with Gasteiger partial charge >= 0.3 is 0 Å². The molecule has 0 spiro atoms. The summed E-state index contributed by atoms with van der Waals surface area (Å²) in [7, 11) is -3.76. The molecule has 0 aromatic heterocycles. The number of nitrogens with one attached hydrogen (secondary N) is 1. The number of carbonyl (C=O) groups is 2. The topological polar surface area (TPSA) is 96.0 Å². The normalized spacial score (nSPS) is 14.2. The molecular formula is C21H24ClN3O5S. The number of para-hydroxylation sites is 1. The van der Waals surface area contributed by atoms with Gasteiger partial charge in [-0.3, -0.25) is 13.9 Å². The van der Waals surface area contributed by atoms with E-state index in [4.69, 9.17) is 16.3 Å². The molecule has 1 aliphatic heterocycles. The van der Waals surface area contributed by atoms with E-state index < -0.39 is 22.5 Å². The third-order valence-corrected chi connectivity index (χ3v) is 6.22. The molecule has 1 N–H and O–H groups in total. The number of sulfonamides is 1. The predicted octanol–water partition coefficient (Wildman–Crippen LogP) is 2.53. The molecule has 0 bridgehead atoms. The minimum absolute atomic E-state index is 0.218. The van der Waals surface area contributed by atoms with Crippen molar-refractivity contribution in [2.24, 2.45) is 0 Å². The molecule has 8 nitrogen and oxygen atoms in total. The zero-order valence-corrected chi connectivity index (χ0v) is 18.9. The van der Waals surface area contributed by atoms with Crippen molar-refractivity contribution in [3.05, 3.63) is 58.6 Å². The number of carbonyl (C=O) groups excluding carboxylic acids is 2. The van der Waals surface area contributed by atoms with Crippen LogP contribution < -0.4 is 9.62 Å². The van der Waals surface area contributed by atoms with Crippen LogP contribution in [-0.2, 0) is 19.6 Å². The maximum absolute atomic E-state index is 12.9. The number of hydrogen-bond donors (Lipinski definition) is 1. The summed E-state index contributed by atoms with van der Waals surface area (Å²) in [5.41, 5.74) is 1.64. The fourth-order valence-electron chi connectivity index (χ4n) is 3.27. The summed E-state index contributed by atoms with van der Waals surface area (Å²) in [5.74, 6) is -0.795. The van der Waals surface area contributed by atoms with Crippen molar-refractivity contribution in [1.29, 1.82) is 0 Å². The fourth-order valence-corrected chi connectivity index (χ4v) is 4.34. The molecule has 1 aliphatic rings. The van der Waals surface area contributed by atoms with E-state index in [9.17, 15) is 18.0 Å². The Hall–Kier alpha value is -2.62. The molecule has 0 saturated carbocycles. The molecule has 1 saturated heterocycles. The van der Waals surface area contributed by atoms with Gasteiger partial charge in [-0.15, -0.1) is 0 Å². The number of halogens is 1. The molecule has 2 aromatic rings. The van der Waals surface area contributed by atoms with E-state index in [1.807, 2.05) is 0 Å². The number of hydrogen-bond acceptors (Lipinski definition) is 5. The van der Waals surface area contributed by atoms with E-state index in [-0.39, 0.29) is 5.91 Å². The van der Waals surface area contributed by atoms with Crippen molar-refractivity contribution in [3.63, 3.8) is 0 Å². The maximum Gasteiger partial charge on any atom is 0.256 e. The van der Waals surface area contributed by atoms with Crippen molar-refractivity contribution in [3.8, 4) is 0 Å². The van der Waals surface area contributed by atoms with Gasteiger partial charge in [-0.25, -0.2) is 8.42 Å². The molecule has 3 rings (SSSR count). The molecule has 10 heteroatoms. The van der Waals surface area contributed by atoms with Gasteiger partial charge in [-0.05, 0) is 36.8 Å². The van der Waals surface area contributed by atoms with Gasteiger partial charge in [0.2, 0.25) is 15.9 Å². The molecule has 0 atom stereocenters. The van der Waals surface area contributed by atoms with Gasteiger partial charge in [-0.1, -0.05) is 29.8 Å². The number of amides is 2. The first kappa shape index (κ1) is 23.1. The zero-order chi connectivity index (χ0) is 22.6. The Labute approximate surface area is 186 Å². The number of nitrogens with zero attached hydrogens (tertiary/aromatic N) is 2. The Morgan fingerprint density at radius 1 is 1.16 bits per heavy atom. The number of benzene rings is 2. The van der Waals surface area contributed by atoms with Crippen LogP contribution in [0, 0.1) is 6.92 Å². The molecule has 2 aromatic carbocycles. The predicted molar refractivity (Wildman–Crippen MR) is 120 cm³/mol. The molecule has 166 valence electrons. The molecule has 1 heterocycles. The Bertz CT molecular complexity index is 1080. The second-order valence-corrected chi connectivity index (χ2v) is 9.54. The zero-order valence-electron chi connectivity index (χ0n) is 17.3. The van der Waals surface area contributed by atoms with Crippen molar-refractivity contribution >= 4 is 44.8 Å². The number of rotatable bonds is 6. The Morgan fingerprint density at radius 2 is 1.84 bits per heavy atom. The van der Waals surface area contributed by atoms with Crippen molar-refractivity contribution in [2.45, 2.75) is 6.92 Å². The largest absolute Gasteiger partial charge is 0.378 e. The lowest BCUT2D eigenvalue weighted by atomic mass is 10.1. The number of aryl methyl sites for hydroxylation is 1. The first-order valence-electron chi connectivity index (χ1n) is 9.66.